The normalized spacial score (nSPS) is 11.9. The summed E-state index contributed by atoms with van der Waals surface area (Å²) in [6, 6.07) is 15.7. The van der Waals surface area contributed by atoms with Gasteiger partial charge in [-0.3, -0.25) is 9.78 Å². The molecule has 110 valence electrons. The second-order valence-electron chi connectivity index (χ2n) is 4.95. The number of benzene rings is 1. The standard InChI is InChI=1S/C17H21N3O/c18-11-6-10-17(21)20-16(14-7-2-1-3-8-14)13-15-9-4-5-12-19-15/h1-5,7-9,12,16H,6,10-11,13,18H2,(H,20,21). The first kappa shape index (κ1) is 15.2. The predicted molar refractivity (Wildman–Crippen MR) is 83.6 cm³/mol. The zero-order valence-corrected chi connectivity index (χ0v) is 12.0. The van der Waals surface area contributed by atoms with E-state index in [9.17, 15) is 4.79 Å². The molecular formula is C17H21N3O. The number of pyridine rings is 1. The average molecular weight is 283 g/mol. The van der Waals surface area contributed by atoms with Crippen molar-refractivity contribution in [1.29, 1.82) is 0 Å². The Morgan fingerprint density at radius 1 is 1.14 bits per heavy atom. The summed E-state index contributed by atoms with van der Waals surface area (Å²) >= 11 is 0. The van der Waals surface area contributed by atoms with Crippen LogP contribution in [0.1, 0.15) is 30.1 Å². The van der Waals surface area contributed by atoms with Crippen LogP contribution in [-0.2, 0) is 11.2 Å². The summed E-state index contributed by atoms with van der Waals surface area (Å²) in [5.41, 5.74) is 7.50. The van der Waals surface area contributed by atoms with E-state index in [-0.39, 0.29) is 11.9 Å². The molecule has 0 radical (unpaired) electrons. The molecule has 1 heterocycles. The van der Waals surface area contributed by atoms with Crippen molar-refractivity contribution in [2.24, 2.45) is 5.73 Å². The van der Waals surface area contributed by atoms with Crippen LogP contribution in [0.2, 0.25) is 0 Å². The third-order valence-electron chi connectivity index (χ3n) is 3.28. The quantitative estimate of drug-likeness (QED) is 0.818. The number of hydrogen-bond acceptors (Lipinski definition) is 3. The maximum absolute atomic E-state index is 12.0. The van der Waals surface area contributed by atoms with Crippen LogP contribution in [0.15, 0.2) is 54.7 Å². The van der Waals surface area contributed by atoms with Gasteiger partial charge in [-0.05, 0) is 30.7 Å². The molecule has 1 aromatic heterocycles. The van der Waals surface area contributed by atoms with Gasteiger partial charge in [-0.1, -0.05) is 36.4 Å². The SMILES string of the molecule is NCCCC(=O)NC(Cc1ccccn1)c1ccccc1. The smallest absolute Gasteiger partial charge is 0.220 e. The van der Waals surface area contributed by atoms with E-state index >= 15 is 0 Å². The fraction of sp³-hybridized carbons (Fsp3) is 0.294. The van der Waals surface area contributed by atoms with Crippen LogP contribution in [0.4, 0.5) is 0 Å². The Morgan fingerprint density at radius 3 is 2.57 bits per heavy atom. The molecule has 0 spiro atoms. The molecule has 3 N–H and O–H groups in total. The van der Waals surface area contributed by atoms with Crippen molar-refractivity contribution >= 4 is 5.91 Å². The van der Waals surface area contributed by atoms with Gasteiger partial charge < -0.3 is 11.1 Å². The van der Waals surface area contributed by atoms with Gasteiger partial charge in [0.15, 0.2) is 0 Å². The number of hydrogen-bond donors (Lipinski definition) is 2. The lowest BCUT2D eigenvalue weighted by Gasteiger charge is -2.19. The molecule has 2 aromatic rings. The predicted octanol–water partition coefficient (Wildman–Crippen LogP) is 2.22. The summed E-state index contributed by atoms with van der Waals surface area (Å²) in [6.07, 6.45) is 3.62. The second kappa shape index (κ2) is 8.17. The number of nitrogens with zero attached hydrogens (tertiary/aromatic N) is 1. The molecule has 0 aliphatic carbocycles. The highest BCUT2D eigenvalue weighted by Gasteiger charge is 2.15. The minimum absolute atomic E-state index is 0.0326. The maximum Gasteiger partial charge on any atom is 0.220 e. The van der Waals surface area contributed by atoms with Gasteiger partial charge in [0.2, 0.25) is 5.91 Å². The maximum atomic E-state index is 12.0. The van der Waals surface area contributed by atoms with Crippen molar-refractivity contribution < 1.29 is 4.79 Å². The lowest BCUT2D eigenvalue weighted by Crippen LogP contribution is -2.30. The zero-order valence-electron chi connectivity index (χ0n) is 12.0. The van der Waals surface area contributed by atoms with E-state index < -0.39 is 0 Å². The molecule has 0 saturated heterocycles. The summed E-state index contributed by atoms with van der Waals surface area (Å²) in [5, 5.41) is 3.08. The van der Waals surface area contributed by atoms with E-state index in [2.05, 4.69) is 10.3 Å². The van der Waals surface area contributed by atoms with Crippen molar-refractivity contribution in [2.45, 2.75) is 25.3 Å². The molecule has 0 saturated carbocycles. The Morgan fingerprint density at radius 2 is 1.90 bits per heavy atom. The van der Waals surface area contributed by atoms with Crippen LogP contribution >= 0.6 is 0 Å². The van der Waals surface area contributed by atoms with E-state index in [0.29, 0.717) is 25.8 Å². The van der Waals surface area contributed by atoms with Crippen LogP contribution in [0.5, 0.6) is 0 Å². The van der Waals surface area contributed by atoms with Crippen molar-refractivity contribution in [3.63, 3.8) is 0 Å². The van der Waals surface area contributed by atoms with Crippen molar-refractivity contribution in [1.82, 2.24) is 10.3 Å². The Kier molecular flexibility index (Phi) is 5.91. The number of aromatic nitrogens is 1. The van der Waals surface area contributed by atoms with Crippen molar-refractivity contribution in [3.05, 3.63) is 66.0 Å². The van der Waals surface area contributed by atoms with E-state index in [0.717, 1.165) is 11.3 Å². The van der Waals surface area contributed by atoms with Crippen molar-refractivity contribution in [3.8, 4) is 0 Å². The molecule has 1 aromatic carbocycles. The Hall–Kier alpha value is -2.20. The number of nitrogens with one attached hydrogen (secondary N) is 1. The largest absolute Gasteiger partial charge is 0.349 e. The molecule has 0 fully saturated rings. The van der Waals surface area contributed by atoms with Gasteiger partial charge in [-0.15, -0.1) is 0 Å². The molecule has 0 aliphatic rings. The van der Waals surface area contributed by atoms with E-state index in [1.165, 1.54) is 0 Å². The van der Waals surface area contributed by atoms with Gasteiger partial charge in [-0.2, -0.15) is 0 Å². The monoisotopic (exact) mass is 283 g/mol. The van der Waals surface area contributed by atoms with Crippen LogP contribution in [0.25, 0.3) is 0 Å². The summed E-state index contributed by atoms with van der Waals surface area (Å²) in [7, 11) is 0. The highest BCUT2D eigenvalue weighted by Crippen LogP contribution is 2.17. The fourth-order valence-corrected chi connectivity index (χ4v) is 2.19. The number of rotatable bonds is 7. The summed E-state index contributed by atoms with van der Waals surface area (Å²) < 4.78 is 0. The first-order chi connectivity index (χ1) is 10.3. The minimum Gasteiger partial charge on any atom is -0.349 e. The van der Waals surface area contributed by atoms with Gasteiger partial charge in [0.25, 0.3) is 0 Å². The summed E-state index contributed by atoms with van der Waals surface area (Å²) in [6.45, 7) is 0.531. The highest BCUT2D eigenvalue weighted by atomic mass is 16.1. The molecule has 4 heteroatoms. The average Bonchev–Trinajstić information content (AvgIpc) is 2.54. The number of carbonyl (C=O) groups excluding carboxylic acids is 1. The number of carbonyl (C=O) groups is 1. The van der Waals surface area contributed by atoms with E-state index in [1.54, 1.807) is 6.20 Å². The van der Waals surface area contributed by atoms with Gasteiger partial charge in [-0.25, -0.2) is 0 Å². The van der Waals surface area contributed by atoms with E-state index in [4.69, 9.17) is 5.73 Å². The molecular weight excluding hydrogens is 262 g/mol. The van der Waals surface area contributed by atoms with Crippen LogP contribution in [0, 0.1) is 0 Å². The molecule has 1 amide bonds. The first-order valence-electron chi connectivity index (χ1n) is 7.24. The Balaban J connectivity index is 2.09. The Labute approximate surface area is 125 Å². The third kappa shape index (κ3) is 5.00. The lowest BCUT2D eigenvalue weighted by atomic mass is 10.0. The van der Waals surface area contributed by atoms with E-state index in [1.807, 2.05) is 48.5 Å². The zero-order chi connectivity index (χ0) is 14.9. The van der Waals surface area contributed by atoms with Crippen LogP contribution in [0.3, 0.4) is 0 Å². The minimum atomic E-state index is -0.0635. The first-order valence-corrected chi connectivity index (χ1v) is 7.24. The molecule has 21 heavy (non-hydrogen) atoms. The number of amides is 1. The molecule has 2 rings (SSSR count). The van der Waals surface area contributed by atoms with Crippen LogP contribution < -0.4 is 11.1 Å². The Bertz CT molecular complexity index is 542. The van der Waals surface area contributed by atoms with Gasteiger partial charge in [0.05, 0.1) is 6.04 Å². The lowest BCUT2D eigenvalue weighted by molar-refractivity contribution is -0.121. The van der Waals surface area contributed by atoms with Gasteiger partial charge in [0.1, 0.15) is 0 Å². The molecule has 1 unspecified atom stereocenters. The van der Waals surface area contributed by atoms with Gasteiger partial charge >= 0.3 is 0 Å². The van der Waals surface area contributed by atoms with Crippen LogP contribution in [-0.4, -0.2) is 17.4 Å². The topological polar surface area (TPSA) is 68.0 Å². The molecule has 0 aliphatic heterocycles. The molecule has 1 atom stereocenters. The molecule has 4 nitrogen and oxygen atoms in total. The third-order valence-corrected chi connectivity index (χ3v) is 3.28. The summed E-state index contributed by atoms with van der Waals surface area (Å²) in [5.74, 6) is 0.0326. The molecule has 0 bridgehead atoms. The fourth-order valence-electron chi connectivity index (χ4n) is 2.19. The summed E-state index contributed by atoms with van der Waals surface area (Å²) in [4.78, 5) is 16.3. The van der Waals surface area contributed by atoms with Gasteiger partial charge in [0, 0.05) is 24.7 Å². The highest BCUT2D eigenvalue weighted by molar-refractivity contribution is 5.76. The second-order valence-corrected chi connectivity index (χ2v) is 4.95. The van der Waals surface area contributed by atoms with Crippen molar-refractivity contribution in [2.75, 3.05) is 6.54 Å². The number of nitrogens with two attached hydrogens (primary N) is 1.